The Labute approximate surface area is 252 Å². The number of nitrogens with zero attached hydrogens (tertiary/aromatic N) is 1. The summed E-state index contributed by atoms with van der Waals surface area (Å²) < 4.78 is 28.9. The van der Waals surface area contributed by atoms with Crippen LogP contribution >= 0.6 is 11.6 Å². The molecule has 1 unspecified atom stereocenters. The molecule has 0 saturated heterocycles. The topological polar surface area (TPSA) is 117 Å². The van der Waals surface area contributed by atoms with Gasteiger partial charge in [-0.25, -0.2) is 4.79 Å². The Morgan fingerprint density at radius 3 is 2.60 bits per heavy atom. The summed E-state index contributed by atoms with van der Waals surface area (Å²) >= 11 is 6.11. The number of halogens is 1. The molecule has 214 valence electrons. The van der Waals surface area contributed by atoms with Gasteiger partial charge in [0.05, 0.1) is 13.0 Å². The number of hydrogen-bond donors (Lipinski definition) is 1. The first-order valence-electron chi connectivity index (χ1n) is 13.3. The van der Waals surface area contributed by atoms with E-state index in [2.05, 4.69) is 6.07 Å². The number of allylic oxidation sites excluding steroid dienone is 1. The number of esters is 1. The van der Waals surface area contributed by atoms with Gasteiger partial charge in [-0.1, -0.05) is 54.1 Å². The molecule has 4 aromatic carbocycles. The second-order valence-electron chi connectivity index (χ2n) is 9.90. The molecule has 9 heteroatoms. The second kappa shape index (κ2) is 11.5. The minimum absolute atomic E-state index is 0.0446. The van der Waals surface area contributed by atoms with Crippen molar-refractivity contribution in [2.45, 2.75) is 19.4 Å². The van der Waals surface area contributed by atoms with Gasteiger partial charge in [-0.2, -0.15) is 5.26 Å². The number of ether oxygens (including phenoxy) is 4. The molecule has 8 nitrogen and oxygen atoms in total. The van der Waals surface area contributed by atoms with E-state index in [1.54, 1.807) is 56.5 Å². The molecule has 0 saturated carbocycles. The van der Waals surface area contributed by atoms with Crippen LogP contribution in [0.3, 0.4) is 0 Å². The number of aryl methyl sites for hydroxylation is 1. The number of nitrogens with two attached hydrogens (primary N) is 1. The molecule has 2 N–H and O–H groups in total. The maximum absolute atomic E-state index is 13.1. The van der Waals surface area contributed by atoms with Crippen LogP contribution in [0.1, 0.15) is 38.7 Å². The lowest BCUT2D eigenvalue weighted by atomic mass is 9.83. The van der Waals surface area contributed by atoms with Gasteiger partial charge in [0.15, 0.2) is 11.5 Å². The Kier molecular flexibility index (Phi) is 7.41. The molecule has 1 aliphatic rings. The molecule has 1 atom stereocenters. The summed E-state index contributed by atoms with van der Waals surface area (Å²) in [4.78, 5) is 13.1. The highest BCUT2D eigenvalue weighted by molar-refractivity contribution is 6.31. The van der Waals surface area contributed by atoms with Gasteiger partial charge in [0.1, 0.15) is 35.3 Å². The van der Waals surface area contributed by atoms with E-state index >= 15 is 0 Å². The number of carbonyl (C=O) groups is 1. The number of fused-ring (bicyclic) bond motifs is 2. The first-order valence-corrected chi connectivity index (χ1v) is 13.7. The predicted octanol–water partition coefficient (Wildman–Crippen LogP) is 7.42. The van der Waals surface area contributed by atoms with E-state index < -0.39 is 11.9 Å². The lowest BCUT2D eigenvalue weighted by molar-refractivity contribution is 0.0702. The van der Waals surface area contributed by atoms with Gasteiger partial charge in [0.25, 0.3) is 0 Å². The maximum Gasteiger partial charge on any atom is 0.379 e. The molecule has 0 amide bonds. The van der Waals surface area contributed by atoms with E-state index in [0.717, 1.165) is 16.5 Å². The maximum atomic E-state index is 13.1. The van der Waals surface area contributed by atoms with E-state index in [0.29, 0.717) is 45.6 Å². The Balaban J connectivity index is 1.29. The fourth-order valence-electron chi connectivity index (χ4n) is 5.10. The zero-order valence-electron chi connectivity index (χ0n) is 23.2. The van der Waals surface area contributed by atoms with Crippen LogP contribution in [0, 0.1) is 18.3 Å². The average Bonchev–Trinajstić information content (AvgIpc) is 3.35. The SMILES string of the molecule is COc1cc(C2C(C#N)=C(N)Oc3cc(OC(=O)c4oc5ccc(Cl)cc5c4C)ccc32)ccc1OCc1ccccc1. The van der Waals surface area contributed by atoms with Crippen LogP contribution in [-0.4, -0.2) is 13.1 Å². The van der Waals surface area contributed by atoms with E-state index in [4.69, 9.17) is 40.7 Å². The van der Waals surface area contributed by atoms with Crippen LogP contribution in [0.15, 0.2) is 101 Å². The van der Waals surface area contributed by atoms with Crippen molar-refractivity contribution in [1.29, 1.82) is 5.26 Å². The lowest BCUT2D eigenvalue weighted by Crippen LogP contribution is -2.21. The summed E-state index contributed by atoms with van der Waals surface area (Å²) in [6.07, 6.45) is 0. The van der Waals surface area contributed by atoms with Crippen LogP contribution in [0.4, 0.5) is 0 Å². The summed E-state index contributed by atoms with van der Waals surface area (Å²) in [6, 6.07) is 27.5. The smallest absolute Gasteiger partial charge is 0.379 e. The number of benzene rings is 4. The Morgan fingerprint density at radius 1 is 1.02 bits per heavy atom. The van der Waals surface area contributed by atoms with Crippen molar-refractivity contribution in [3.05, 3.63) is 129 Å². The number of furan rings is 1. The Bertz CT molecular complexity index is 1940. The van der Waals surface area contributed by atoms with Crippen molar-refractivity contribution in [3.63, 3.8) is 0 Å². The number of rotatable bonds is 7. The Morgan fingerprint density at radius 2 is 1.84 bits per heavy atom. The fraction of sp³-hybridized carbons (Fsp3) is 0.118. The fourth-order valence-corrected chi connectivity index (χ4v) is 5.27. The molecule has 1 aliphatic heterocycles. The normalized spacial score (nSPS) is 14.0. The van der Waals surface area contributed by atoms with Gasteiger partial charge in [-0.05, 0) is 54.4 Å². The minimum Gasteiger partial charge on any atom is -0.493 e. The molecule has 0 radical (unpaired) electrons. The molecule has 6 rings (SSSR count). The predicted molar refractivity (Wildman–Crippen MR) is 160 cm³/mol. The first kappa shape index (κ1) is 27.8. The van der Waals surface area contributed by atoms with Crippen LogP contribution < -0.4 is 24.7 Å². The molecular formula is C34H25ClN2O6. The van der Waals surface area contributed by atoms with Crippen molar-refractivity contribution in [2.24, 2.45) is 5.73 Å². The zero-order valence-corrected chi connectivity index (χ0v) is 24.0. The van der Waals surface area contributed by atoms with Crippen LogP contribution in [-0.2, 0) is 6.61 Å². The highest BCUT2D eigenvalue weighted by atomic mass is 35.5. The first-order chi connectivity index (χ1) is 20.9. The molecule has 2 heterocycles. The van der Waals surface area contributed by atoms with Crippen molar-refractivity contribution in [2.75, 3.05) is 7.11 Å². The number of nitriles is 1. The van der Waals surface area contributed by atoms with Crippen molar-refractivity contribution in [3.8, 4) is 29.1 Å². The molecule has 0 aliphatic carbocycles. The number of methoxy groups -OCH3 is 1. The van der Waals surface area contributed by atoms with Gasteiger partial charge in [0, 0.05) is 27.6 Å². The van der Waals surface area contributed by atoms with Crippen molar-refractivity contribution in [1.82, 2.24) is 0 Å². The molecule has 43 heavy (non-hydrogen) atoms. The third-order valence-corrected chi connectivity index (χ3v) is 7.48. The van der Waals surface area contributed by atoms with Crippen LogP contribution in [0.2, 0.25) is 5.02 Å². The quantitative estimate of drug-likeness (QED) is 0.153. The summed E-state index contributed by atoms with van der Waals surface area (Å²) in [5.74, 6) is 0.429. The second-order valence-corrected chi connectivity index (χ2v) is 10.3. The van der Waals surface area contributed by atoms with E-state index in [-0.39, 0.29) is 23.0 Å². The highest BCUT2D eigenvalue weighted by Gasteiger charge is 2.32. The van der Waals surface area contributed by atoms with Crippen molar-refractivity contribution < 1.29 is 28.2 Å². The van der Waals surface area contributed by atoms with Crippen molar-refractivity contribution >= 4 is 28.5 Å². The number of carbonyl (C=O) groups excluding carboxylic acids is 1. The molecule has 5 aromatic rings. The van der Waals surface area contributed by atoms with Gasteiger partial charge >= 0.3 is 5.97 Å². The van der Waals surface area contributed by atoms with Crippen LogP contribution in [0.5, 0.6) is 23.0 Å². The lowest BCUT2D eigenvalue weighted by Gasteiger charge is -2.27. The molecular weight excluding hydrogens is 568 g/mol. The standard InChI is InChI=1S/C34H25ClN2O6/c1-19-25-15-22(35)9-13-27(25)42-32(19)34(38)41-23-10-11-24-29(16-23)43-33(37)26(17-36)31(24)21-8-12-28(30(14-21)39-2)40-18-20-6-4-3-5-7-20/h3-16,31H,18,37H2,1-2H3. The monoisotopic (exact) mass is 592 g/mol. The molecule has 0 fully saturated rings. The third-order valence-electron chi connectivity index (χ3n) is 7.24. The van der Waals surface area contributed by atoms with Gasteiger partial charge < -0.3 is 29.1 Å². The Hall–Kier alpha value is -5.39. The molecule has 1 aromatic heterocycles. The van der Waals surface area contributed by atoms with E-state index in [1.807, 2.05) is 42.5 Å². The van der Waals surface area contributed by atoms with Gasteiger partial charge in [-0.3, -0.25) is 0 Å². The summed E-state index contributed by atoms with van der Waals surface area (Å²) in [5.41, 5.74) is 10.0. The summed E-state index contributed by atoms with van der Waals surface area (Å²) in [7, 11) is 1.56. The van der Waals surface area contributed by atoms with Gasteiger partial charge in [-0.15, -0.1) is 0 Å². The summed E-state index contributed by atoms with van der Waals surface area (Å²) in [6.45, 7) is 2.14. The van der Waals surface area contributed by atoms with Crippen LogP contribution in [0.25, 0.3) is 11.0 Å². The largest absolute Gasteiger partial charge is 0.493 e. The molecule has 0 bridgehead atoms. The number of hydrogen-bond acceptors (Lipinski definition) is 8. The van der Waals surface area contributed by atoms with Gasteiger partial charge in [0.2, 0.25) is 11.6 Å². The van der Waals surface area contributed by atoms with E-state index in [9.17, 15) is 10.1 Å². The third kappa shape index (κ3) is 5.34. The summed E-state index contributed by atoms with van der Waals surface area (Å²) in [5, 5.41) is 11.3. The average molecular weight is 593 g/mol. The molecule has 0 spiro atoms. The van der Waals surface area contributed by atoms with E-state index in [1.165, 1.54) is 0 Å². The highest BCUT2D eigenvalue weighted by Crippen LogP contribution is 2.45. The minimum atomic E-state index is -0.672. The zero-order chi connectivity index (χ0) is 30.1.